The Labute approximate surface area is 122 Å². The van der Waals surface area contributed by atoms with Gasteiger partial charge in [0.1, 0.15) is 11.8 Å². The van der Waals surface area contributed by atoms with E-state index in [2.05, 4.69) is 4.98 Å². The maximum absolute atomic E-state index is 12.0. The monoisotopic (exact) mass is 288 g/mol. The first-order chi connectivity index (χ1) is 9.72. The molecule has 0 saturated heterocycles. The molecule has 1 aromatic carbocycles. The third-order valence-electron chi connectivity index (χ3n) is 3.20. The molecule has 2 heterocycles. The van der Waals surface area contributed by atoms with E-state index >= 15 is 0 Å². The molecule has 5 heteroatoms. The summed E-state index contributed by atoms with van der Waals surface area (Å²) in [5, 5.41) is 0.447. The van der Waals surface area contributed by atoms with Crippen LogP contribution in [0.15, 0.2) is 42.5 Å². The number of hydrogen-bond acceptors (Lipinski definition) is 3. The van der Waals surface area contributed by atoms with Gasteiger partial charge in [-0.05, 0) is 17.2 Å². The minimum atomic E-state index is -0.331. The van der Waals surface area contributed by atoms with Crippen molar-refractivity contribution < 1.29 is 9.53 Å². The topological polar surface area (TPSA) is 42.4 Å². The van der Waals surface area contributed by atoms with Crippen LogP contribution in [0.5, 0.6) is 0 Å². The molecule has 2 aromatic rings. The molecular weight excluding hydrogens is 276 g/mol. The van der Waals surface area contributed by atoms with Crippen LogP contribution in [0.2, 0.25) is 5.15 Å². The van der Waals surface area contributed by atoms with Crippen molar-refractivity contribution in [3.8, 4) is 0 Å². The van der Waals surface area contributed by atoms with Crippen LogP contribution in [-0.4, -0.2) is 16.0 Å². The van der Waals surface area contributed by atoms with Gasteiger partial charge in [0.25, 0.3) is 0 Å². The summed E-state index contributed by atoms with van der Waals surface area (Å²) in [5.41, 5.74) is 2.83. The summed E-state index contributed by atoms with van der Waals surface area (Å²) in [4.78, 5) is 17.9. The molecule has 1 amide bonds. The number of carbonyl (C=O) groups excluding carboxylic acids is 1. The van der Waals surface area contributed by atoms with Crippen molar-refractivity contribution in [1.82, 2.24) is 9.88 Å². The molecule has 102 valence electrons. The van der Waals surface area contributed by atoms with Crippen LogP contribution in [0.25, 0.3) is 0 Å². The zero-order valence-corrected chi connectivity index (χ0v) is 11.5. The lowest BCUT2D eigenvalue weighted by Gasteiger charge is -2.14. The van der Waals surface area contributed by atoms with E-state index in [4.69, 9.17) is 16.3 Å². The highest BCUT2D eigenvalue weighted by Gasteiger charge is 2.25. The maximum Gasteiger partial charge on any atom is 0.410 e. The number of fused-ring (bicyclic) bond motifs is 1. The van der Waals surface area contributed by atoms with Crippen LogP contribution in [0.3, 0.4) is 0 Å². The Hall–Kier alpha value is -2.07. The Morgan fingerprint density at radius 1 is 1.20 bits per heavy atom. The third kappa shape index (κ3) is 2.75. The van der Waals surface area contributed by atoms with E-state index in [0.29, 0.717) is 18.2 Å². The number of benzene rings is 1. The number of pyridine rings is 1. The zero-order valence-electron chi connectivity index (χ0n) is 10.8. The molecule has 0 N–H and O–H groups in total. The fourth-order valence-electron chi connectivity index (χ4n) is 2.17. The Balaban J connectivity index is 1.60. The molecule has 0 radical (unpaired) electrons. The van der Waals surface area contributed by atoms with Gasteiger partial charge in [-0.3, -0.25) is 4.90 Å². The summed E-state index contributed by atoms with van der Waals surface area (Å²) in [7, 11) is 0. The van der Waals surface area contributed by atoms with Crippen LogP contribution in [0, 0.1) is 0 Å². The van der Waals surface area contributed by atoms with Crippen molar-refractivity contribution in [3.05, 3.63) is 64.4 Å². The first kappa shape index (κ1) is 12.9. The van der Waals surface area contributed by atoms with Crippen molar-refractivity contribution in [1.29, 1.82) is 0 Å². The van der Waals surface area contributed by atoms with Crippen LogP contribution in [-0.2, 0) is 24.4 Å². The maximum atomic E-state index is 12.0. The van der Waals surface area contributed by atoms with Crippen molar-refractivity contribution in [2.24, 2.45) is 0 Å². The molecule has 20 heavy (non-hydrogen) atoms. The molecule has 0 aliphatic carbocycles. The number of carbonyl (C=O) groups is 1. The van der Waals surface area contributed by atoms with Gasteiger partial charge in [0.05, 0.1) is 18.8 Å². The van der Waals surface area contributed by atoms with Crippen molar-refractivity contribution in [3.63, 3.8) is 0 Å². The molecule has 0 spiro atoms. The van der Waals surface area contributed by atoms with E-state index in [9.17, 15) is 4.79 Å². The summed E-state index contributed by atoms with van der Waals surface area (Å²) >= 11 is 5.85. The number of aromatic nitrogens is 1. The highest BCUT2D eigenvalue weighted by Crippen LogP contribution is 2.23. The van der Waals surface area contributed by atoms with E-state index in [-0.39, 0.29) is 12.7 Å². The first-order valence-electron chi connectivity index (χ1n) is 6.32. The normalized spacial score (nSPS) is 13.2. The average molecular weight is 289 g/mol. The predicted molar refractivity (Wildman–Crippen MR) is 75.1 cm³/mol. The summed E-state index contributed by atoms with van der Waals surface area (Å²) < 4.78 is 5.30. The van der Waals surface area contributed by atoms with Gasteiger partial charge in [0.2, 0.25) is 0 Å². The molecule has 4 nitrogen and oxygen atoms in total. The van der Waals surface area contributed by atoms with Crippen molar-refractivity contribution in [2.75, 3.05) is 0 Å². The molecular formula is C15H13ClN2O2. The minimum Gasteiger partial charge on any atom is -0.445 e. The van der Waals surface area contributed by atoms with E-state index in [1.54, 1.807) is 11.0 Å². The zero-order chi connectivity index (χ0) is 13.9. The molecule has 0 unspecified atom stereocenters. The molecule has 0 saturated carbocycles. The smallest absolute Gasteiger partial charge is 0.410 e. The molecule has 1 aliphatic heterocycles. The van der Waals surface area contributed by atoms with Gasteiger partial charge in [0, 0.05) is 0 Å². The fraction of sp³-hybridized carbons (Fsp3) is 0.200. The number of hydrogen-bond donors (Lipinski definition) is 0. The van der Waals surface area contributed by atoms with Gasteiger partial charge in [-0.2, -0.15) is 0 Å². The number of nitrogens with zero attached hydrogens (tertiary/aromatic N) is 2. The lowest BCUT2D eigenvalue weighted by atomic mass is 10.2. The van der Waals surface area contributed by atoms with Crippen LogP contribution in [0.4, 0.5) is 4.79 Å². The van der Waals surface area contributed by atoms with Crippen LogP contribution < -0.4 is 0 Å². The minimum absolute atomic E-state index is 0.278. The van der Waals surface area contributed by atoms with Crippen LogP contribution in [0.1, 0.15) is 16.8 Å². The van der Waals surface area contributed by atoms with Crippen molar-refractivity contribution in [2.45, 2.75) is 19.7 Å². The van der Waals surface area contributed by atoms with E-state index in [1.807, 2.05) is 36.4 Å². The lowest BCUT2D eigenvalue weighted by molar-refractivity contribution is 0.0953. The molecule has 3 rings (SSSR count). The Bertz CT molecular complexity index is 631. The van der Waals surface area contributed by atoms with Crippen LogP contribution >= 0.6 is 11.6 Å². The van der Waals surface area contributed by atoms with E-state index in [0.717, 1.165) is 16.8 Å². The van der Waals surface area contributed by atoms with Gasteiger partial charge in [-0.15, -0.1) is 0 Å². The summed E-state index contributed by atoms with van der Waals surface area (Å²) in [6.45, 7) is 1.25. The quantitative estimate of drug-likeness (QED) is 0.796. The van der Waals surface area contributed by atoms with E-state index < -0.39 is 0 Å². The summed E-state index contributed by atoms with van der Waals surface area (Å²) in [5.74, 6) is 0. The highest BCUT2D eigenvalue weighted by molar-refractivity contribution is 6.29. The van der Waals surface area contributed by atoms with Gasteiger partial charge >= 0.3 is 6.09 Å². The molecule has 0 bridgehead atoms. The van der Waals surface area contributed by atoms with Gasteiger partial charge in [-0.1, -0.05) is 48.0 Å². The van der Waals surface area contributed by atoms with Crippen molar-refractivity contribution >= 4 is 17.7 Å². The third-order valence-corrected chi connectivity index (χ3v) is 3.41. The van der Waals surface area contributed by atoms with Gasteiger partial charge in [-0.25, -0.2) is 9.78 Å². The summed E-state index contributed by atoms with van der Waals surface area (Å²) in [6, 6.07) is 13.2. The highest BCUT2D eigenvalue weighted by atomic mass is 35.5. The SMILES string of the molecule is O=C(OCc1ccccc1)N1Cc2ccc(Cl)nc2C1. The number of halogens is 1. The number of rotatable bonds is 2. The standard InChI is InChI=1S/C15H13ClN2O2/c16-14-7-6-12-8-18(9-13(12)17-14)15(19)20-10-11-4-2-1-3-5-11/h1-7H,8-10H2. The second-order valence-electron chi connectivity index (χ2n) is 4.64. The number of amides is 1. The first-order valence-corrected chi connectivity index (χ1v) is 6.70. The van der Waals surface area contributed by atoms with E-state index in [1.165, 1.54) is 0 Å². The Morgan fingerprint density at radius 2 is 2.00 bits per heavy atom. The largest absolute Gasteiger partial charge is 0.445 e. The molecule has 1 aliphatic rings. The predicted octanol–water partition coefficient (Wildman–Crippen LogP) is 3.39. The lowest BCUT2D eigenvalue weighted by Crippen LogP contribution is -2.26. The molecule has 0 fully saturated rings. The average Bonchev–Trinajstić information content (AvgIpc) is 2.89. The van der Waals surface area contributed by atoms with Gasteiger partial charge < -0.3 is 4.74 Å². The summed E-state index contributed by atoms with van der Waals surface area (Å²) in [6.07, 6.45) is -0.331. The Kier molecular flexibility index (Phi) is 3.56. The Morgan fingerprint density at radius 3 is 2.80 bits per heavy atom. The molecule has 1 aromatic heterocycles. The second kappa shape index (κ2) is 5.51. The second-order valence-corrected chi connectivity index (χ2v) is 5.02. The fourth-order valence-corrected chi connectivity index (χ4v) is 2.33. The molecule has 0 atom stereocenters. The van der Waals surface area contributed by atoms with Gasteiger partial charge in [0.15, 0.2) is 0 Å². The number of ether oxygens (including phenoxy) is 1.